The molecule has 6 heteroatoms. The first-order valence-corrected chi connectivity index (χ1v) is 9.12. The van der Waals surface area contributed by atoms with Crippen LogP contribution in [0.2, 0.25) is 0 Å². The molecule has 6 nitrogen and oxygen atoms in total. The van der Waals surface area contributed by atoms with Crippen molar-refractivity contribution in [2.24, 2.45) is 5.92 Å². The van der Waals surface area contributed by atoms with Crippen LogP contribution in [-0.4, -0.2) is 54.3 Å². The molecule has 3 aliphatic rings. The van der Waals surface area contributed by atoms with Crippen molar-refractivity contribution in [1.82, 2.24) is 9.96 Å². The van der Waals surface area contributed by atoms with Gasteiger partial charge < -0.3 is 9.15 Å². The first kappa shape index (κ1) is 16.1. The van der Waals surface area contributed by atoms with Crippen LogP contribution in [0.5, 0.6) is 0 Å². The molecule has 0 aromatic carbocycles. The van der Waals surface area contributed by atoms with E-state index < -0.39 is 0 Å². The first-order chi connectivity index (χ1) is 11.7. The van der Waals surface area contributed by atoms with Gasteiger partial charge in [0.2, 0.25) is 0 Å². The van der Waals surface area contributed by atoms with Gasteiger partial charge in [-0.1, -0.05) is 6.92 Å². The number of fused-ring (bicyclic) bond motifs is 1. The zero-order chi connectivity index (χ0) is 16.5. The van der Waals surface area contributed by atoms with Gasteiger partial charge in [-0.3, -0.25) is 14.5 Å². The van der Waals surface area contributed by atoms with Crippen molar-refractivity contribution in [3.63, 3.8) is 0 Å². The molecular weight excluding hydrogens is 308 g/mol. The molecule has 3 saturated heterocycles. The summed E-state index contributed by atoms with van der Waals surface area (Å²) in [4.78, 5) is 20.2. The van der Waals surface area contributed by atoms with Gasteiger partial charge in [-0.05, 0) is 43.9 Å². The molecule has 132 valence electrons. The van der Waals surface area contributed by atoms with E-state index in [-0.39, 0.29) is 18.1 Å². The van der Waals surface area contributed by atoms with Crippen LogP contribution in [0, 0.1) is 5.92 Å². The number of furan rings is 1. The number of hydrogen-bond donors (Lipinski definition) is 0. The Kier molecular flexibility index (Phi) is 4.61. The Morgan fingerprint density at radius 3 is 2.92 bits per heavy atom. The number of aryl methyl sites for hydroxylation is 1. The lowest BCUT2D eigenvalue weighted by atomic mass is 9.91. The Bertz CT molecular complexity index is 581. The van der Waals surface area contributed by atoms with Gasteiger partial charge in [-0.2, -0.15) is 0 Å². The Morgan fingerprint density at radius 1 is 1.29 bits per heavy atom. The summed E-state index contributed by atoms with van der Waals surface area (Å²) in [6.07, 6.45) is 3.58. The SMILES string of the molecule is CCc1ccc(CN2CC[C@@H]3C[C@@H](C(=O)N4CCCO4)O[C@H]3C2)o1. The smallest absolute Gasteiger partial charge is 0.275 e. The molecule has 0 N–H and O–H groups in total. The Hall–Kier alpha value is -1.37. The van der Waals surface area contributed by atoms with E-state index in [1.807, 2.05) is 0 Å². The third kappa shape index (κ3) is 3.23. The highest BCUT2D eigenvalue weighted by Crippen LogP contribution is 2.34. The monoisotopic (exact) mass is 334 g/mol. The summed E-state index contributed by atoms with van der Waals surface area (Å²) < 4.78 is 11.9. The van der Waals surface area contributed by atoms with E-state index in [4.69, 9.17) is 14.0 Å². The topological polar surface area (TPSA) is 55.2 Å². The van der Waals surface area contributed by atoms with E-state index in [1.165, 1.54) is 5.06 Å². The number of hydroxylamine groups is 2. The normalized spacial score (nSPS) is 30.7. The van der Waals surface area contributed by atoms with Gasteiger partial charge in [0.1, 0.15) is 17.6 Å². The summed E-state index contributed by atoms with van der Waals surface area (Å²) in [6.45, 7) is 6.16. The predicted molar refractivity (Wildman–Crippen MR) is 87.0 cm³/mol. The molecule has 0 aliphatic carbocycles. The highest BCUT2D eigenvalue weighted by molar-refractivity contribution is 5.80. The average Bonchev–Trinajstić information content (AvgIpc) is 3.33. The lowest BCUT2D eigenvalue weighted by Crippen LogP contribution is -2.42. The molecule has 4 heterocycles. The maximum absolute atomic E-state index is 12.4. The van der Waals surface area contributed by atoms with Gasteiger partial charge in [0.15, 0.2) is 0 Å². The summed E-state index contributed by atoms with van der Waals surface area (Å²) in [5, 5.41) is 1.49. The summed E-state index contributed by atoms with van der Waals surface area (Å²) in [5.74, 6) is 2.54. The third-order valence-electron chi connectivity index (χ3n) is 5.36. The number of nitrogens with zero attached hydrogens (tertiary/aromatic N) is 2. The van der Waals surface area contributed by atoms with Crippen LogP contribution in [0.1, 0.15) is 37.7 Å². The molecule has 1 amide bonds. The molecule has 3 atom stereocenters. The molecule has 3 aliphatic heterocycles. The van der Waals surface area contributed by atoms with Crippen molar-refractivity contribution in [2.45, 2.75) is 51.4 Å². The quantitative estimate of drug-likeness (QED) is 0.843. The molecule has 3 fully saturated rings. The molecular formula is C18H26N2O4. The summed E-state index contributed by atoms with van der Waals surface area (Å²) in [5.41, 5.74) is 0. The lowest BCUT2D eigenvalue weighted by Gasteiger charge is -2.33. The molecule has 0 saturated carbocycles. The first-order valence-electron chi connectivity index (χ1n) is 9.12. The highest BCUT2D eigenvalue weighted by atomic mass is 16.7. The highest BCUT2D eigenvalue weighted by Gasteiger charge is 2.43. The summed E-state index contributed by atoms with van der Waals surface area (Å²) >= 11 is 0. The number of piperidine rings is 1. The zero-order valence-electron chi connectivity index (χ0n) is 14.3. The number of carbonyl (C=O) groups is 1. The number of carbonyl (C=O) groups excluding carboxylic acids is 1. The average molecular weight is 334 g/mol. The number of hydrogen-bond acceptors (Lipinski definition) is 5. The molecule has 4 rings (SSSR count). The van der Waals surface area contributed by atoms with Crippen molar-refractivity contribution >= 4 is 5.91 Å². The fraction of sp³-hybridized carbons (Fsp3) is 0.722. The molecule has 0 radical (unpaired) electrons. The van der Waals surface area contributed by atoms with Gasteiger partial charge in [0.25, 0.3) is 5.91 Å². The van der Waals surface area contributed by atoms with Crippen molar-refractivity contribution in [3.05, 3.63) is 23.7 Å². The Morgan fingerprint density at radius 2 is 2.17 bits per heavy atom. The zero-order valence-corrected chi connectivity index (χ0v) is 14.3. The fourth-order valence-electron chi connectivity index (χ4n) is 4.00. The fourth-order valence-corrected chi connectivity index (χ4v) is 4.00. The second kappa shape index (κ2) is 6.86. The molecule has 24 heavy (non-hydrogen) atoms. The van der Waals surface area contributed by atoms with Crippen molar-refractivity contribution < 1.29 is 18.8 Å². The van der Waals surface area contributed by atoms with Crippen LogP contribution < -0.4 is 0 Å². The minimum absolute atomic E-state index is 0.00655. The minimum atomic E-state index is -0.326. The van der Waals surface area contributed by atoms with Crippen LogP contribution in [0.25, 0.3) is 0 Å². The maximum atomic E-state index is 12.4. The molecule has 0 unspecified atom stereocenters. The van der Waals surface area contributed by atoms with E-state index in [2.05, 4.69) is 24.0 Å². The molecule has 1 aromatic rings. The van der Waals surface area contributed by atoms with Gasteiger partial charge in [-0.25, -0.2) is 5.06 Å². The maximum Gasteiger partial charge on any atom is 0.275 e. The van der Waals surface area contributed by atoms with Crippen molar-refractivity contribution in [2.75, 3.05) is 26.2 Å². The summed E-state index contributed by atoms with van der Waals surface area (Å²) in [6, 6.07) is 4.12. The van der Waals surface area contributed by atoms with E-state index in [1.54, 1.807) is 0 Å². The van der Waals surface area contributed by atoms with Gasteiger partial charge in [0.05, 0.1) is 25.8 Å². The second-order valence-corrected chi connectivity index (χ2v) is 7.03. The number of likely N-dealkylation sites (tertiary alicyclic amines) is 1. The van der Waals surface area contributed by atoms with Crippen LogP contribution >= 0.6 is 0 Å². The second-order valence-electron chi connectivity index (χ2n) is 7.03. The van der Waals surface area contributed by atoms with E-state index >= 15 is 0 Å². The van der Waals surface area contributed by atoms with E-state index in [0.29, 0.717) is 19.1 Å². The molecule has 0 bridgehead atoms. The number of amides is 1. The minimum Gasteiger partial charge on any atom is -0.465 e. The Labute approximate surface area is 142 Å². The largest absolute Gasteiger partial charge is 0.465 e. The van der Waals surface area contributed by atoms with Crippen LogP contribution in [0.4, 0.5) is 0 Å². The van der Waals surface area contributed by atoms with Crippen LogP contribution in [-0.2, 0) is 27.3 Å². The number of rotatable bonds is 4. The Balaban J connectivity index is 1.32. The van der Waals surface area contributed by atoms with Crippen LogP contribution in [0.15, 0.2) is 16.5 Å². The van der Waals surface area contributed by atoms with E-state index in [9.17, 15) is 4.79 Å². The van der Waals surface area contributed by atoms with Crippen molar-refractivity contribution in [3.8, 4) is 0 Å². The van der Waals surface area contributed by atoms with Gasteiger partial charge in [-0.15, -0.1) is 0 Å². The van der Waals surface area contributed by atoms with Crippen molar-refractivity contribution in [1.29, 1.82) is 0 Å². The molecule has 0 spiro atoms. The number of ether oxygens (including phenoxy) is 1. The van der Waals surface area contributed by atoms with Crippen LogP contribution in [0.3, 0.4) is 0 Å². The standard InChI is InChI=1S/C18H26N2O4/c1-2-14-4-5-15(23-14)11-19-8-6-13-10-16(24-17(13)12-19)18(21)20-7-3-9-22-20/h4-5,13,16-17H,2-3,6-12H2,1H3/t13-,16+,17+/m1/s1. The van der Waals surface area contributed by atoms with E-state index in [0.717, 1.165) is 56.8 Å². The predicted octanol–water partition coefficient (Wildman–Crippen LogP) is 1.99. The summed E-state index contributed by atoms with van der Waals surface area (Å²) in [7, 11) is 0. The molecule has 1 aromatic heterocycles. The van der Waals surface area contributed by atoms with Gasteiger partial charge in [0, 0.05) is 13.0 Å². The lowest BCUT2D eigenvalue weighted by molar-refractivity contribution is -0.180. The van der Waals surface area contributed by atoms with Gasteiger partial charge >= 0.3 is 0 Å². The third-order valence-corrected chi connectivity index (χ3v) is 5.36.